The number of unbranched alkanes of at least 4 members (excludes halogenated alkanes) is 1. The van der Waals surface area contributed by atoms with Gasteiger partial charge in [-0.3, -0.25) is 44.1 Å². The zero-order chi connectivity index (χ0) is 65.0. The molecule has 6 aromatic heterocycles. The van der Waals surface area contributed by atoms with E-state index < -0.39 is 29.5 Å². The predicted octanol–water partition coefficient (Wildman–Crippen LogP) is 10.2. The molecule has 0 fully saturated rings. The van der Waals surface area contributed by atoms with E-state index in [4.69, 9.17) is 19.2 Å². The molecule has 10 aromatic rings. The molecule has 2 atom stereocenters. The first-order chi connectivity index (χ1) is 45.9. The lowest BCUT2D eigenvalue weighted by Crippen LogP contribution is -2.48. The molecule has 0 aliphatic carbocycles. The largest absolute Gasteiger partial charge is 0.494 e. The molecule has 2 aliphatic heterocycles. The first kappa shape index (κ1) is 63.5. The number of hydrogen-bond donors (Lipinski definition) is 3. The maximum Gasteiger partial charge on any atom is 0.343 e. The minimum Gasteiger partial charge on any atom is -0.494 e. The van der Waals surface area contributed by atoms with E-state index >= 15 is 0 Å². The summed E-state index contributed by atoms with van der Waals surface area (Å²) in [6, 6.07) is 51.7. The van der Waals surface area contributed by atoms with Crippen LogP contribution in [0.15, 0.2) is 199 Å². The van der Waals surface area contributed by atoms with Crippen molar-refractivity contribution in [1.82, 2.24) is 49.9 Å². The highest BCUT2D eigenvalue weighted by molar-refractivity contribution is 6.00. The van der Waals surface area contributed by atoms with Gasteiger partial charge < -0.3 is 34.5 Å². The fourth-order valence-electron chi connectivity index (χ4n) is 12.3. The van der Waals surface area contributed by atoms with E-state index in [-0.39, 0.29) is 65.5 Å². The van der Waals surface area contributed by atoms with Gasteiger partial charge in [-0.05, 0) is 151 Å². The van der Waals surface area contributed by atoms with Crippen molar-refractivity contribution in [2.24, 2.45) is 0 Å². The molecule has 12 rings (SSSR count). The highest BCUT2D eigenvalue weighted by atomic mass is 16.6. The number of aryl methyl sites for hydroxylation is 1. The monoisotopic (exact) mass is 1260 g/mol. The van der Waals surface area contributed by atoms with Gasteiger partial charge in [-0.1, -0.05) is 80.6 Å². The number of pyridine rings is 6. The number of cyclic esters (lactones) is 1. The third kappa shape index (κ3) is 15.0. The number of hydrogen-bond acceptors (Lipinski definition) is 16. The van der Waals surface area contributed by atoms with Crippen molar-refractivity contribution in [2.45, 2.75) is 110 Å². The number of esters is 2. The second kappa shape index (κ2) is 29.3. The van der Waals surface area contributed by atoms with E-state index in [0.29, 0.717) is 88.6 Å². The first-order valence-electron chi connectivity index (χ1n) is 31.7. The number of nitrogens with zero attached hydrogens (tertiary/aromatic N) is 8. The Labute approximate surface area is 544 Å². The van der Waals surface area contributed by atoms with Crippen molar-refractivity contribution >= 4 is 34.7 Å². The summed E-state index contributed by atoms with van der Waals surface area (Å²) in [6.45, 7) is 7.96. The molecule has 19 nitrogen and oxygen atoms in total. The van der Waals surface area contributed by atoms with Crippen molar-refractivity contribution in [3.05, 3.63) is 278 Å². The molecule has 3 N–H and O–H groups in total. The van der Waals surface area contributed by atoms with Crippen molar-refractivity contribution < 1.29 is 38.5 Å². The SMILES string of the molecule is CCc1c2c(nc3ccc(OC(=O)c4cccc(C(=O)NC(Cc5ccccc5)C(=O)NCCCCOc5cc(CN(Cc6ccccn6)Cc6ccccn6)cc(CN(Cc6ccccn6)Cc6ccccn6)c5)c4)cc13)-c1cc3c(c(=O)n1C2)COC(=O)[C@@]3(O)CC. The van der Waals surface area contributed by atoms with Gasteiger partial charge in [0.05, 0.1) is 64.0 Å². The van der Waals surface area contributed by atoms with E-state index in [1.54, 1.807) is 54.0 Å². The summed E-state index contributed by atoms with van der Waals surface area (Å²) in [5.74, 6) is -1.44. The quantitative estimate of drug-likeness (QED) is 0.0247. The summed E-state index contributed by atoms with van der Waals surface area (Å²) in [5.41, 5.74) is 8.57. The molecule has 94 heavy (non-hydrogen) atoms. The summed E-state index contributed by atoms with van der Waals surface area (Å²) >= 11 is 0. The van der Waals surface area contributed by atoms with Gasteiger partial charge in [0.15, 0.2) is 5.60 Å². The molecular weight excluding hydrogens is 1180 g/mol. The Balaban J connectivity index is 0.702. The summed E-state index contributed by atoms with van der Waals surface area (Å²) in [5, 5.41) is 18.1. The Morgan fingerprint density at radius 2 is 1.24 bits per heavy atom. The van der Waals surface area contributed by atoms with Gasteiger partial charge in [-0.15, -0.1) is 0 Å². The van der Waals surface area contributed by atoms with Crippen molar-refractivity contribution in [1.29, 1.82) is 0 Å². The van der Waals surface area contributed by atoms with Gasteiger partial charge in [0.2, 0.25) is 5.91 Å². The first-order valence-corrected chi connectivity index (χ1v) is 31.7. The Hall–Kier alpha value is -10.6. The van der Waals surface area contributed by atoms with Crippen LogP contribution in [0, 0.1) is 0 Å². The molecule has 0 radical (unpaired) electrons. The molecule has 1 unspecified atom stereocenters. The number of rotatable bonds is 27. The van der Waals surface area contributed by atoms with Gasteiger partial charge >= 0.3 is 11.9 Å². The maximum absolute atomic E-state index is 14.1. The third-order valence-corrected chi connectivity index (χ3v) is 17.0. The predicted molar refractivity (Wildman–Crippen MR) is 354 cm³/mol. The number of aliphatic hydroxyl groups is 1. The fourth-order valence-corrected chi connectivity index (χ4v) is 12.3. The molecule has 4 aromatic carbocycles. The number of carbonyl (C=O) groups excluding carboxylic acids is 4. The van der Waals surface area contributed by atoms with Crippen molar-refractivity contribution in [2.75, 3.05) is 13.2 Å². The molecule has 2 amide bonds. The second-order valence-corrected chi connectivity index (χ2v) is 23.6. The average molecular weight is 1260 g/mol. The molecule has 0 spiro atoms. The van der Waals surface area contributed by atoms with Crippen LogP contribution in [0.1, 0.15) is 116 Å². The standard InChI is InChI=1S/C75H72N10O9/c1-3-61-62-40-59(27-28-66(62)81-69-63(61)48-85-68(69)41-65-64(72(85)88)49-93-74(90)75(65,91)4-2)94-73(89)54-22-18-21-53(39-54)70(86)82-67(38-50-19-6-5-7-20-50)71(87)80-33-16-17-34-92-60-36-51(42-83(44-55-23-8-12-29-76-55)45-56-24-9-13-30-77-56)35-52(37-60)43-84(46-57-25-10-14-31-78-57)47-58-26-11-15-32-79-58/h5-15,18-32,35-37,39-41,67,91H,3-4,16-17,33-34,38,42-49H2,1-2H3,(H,80,87)(H,82,86)/t67?,75-/m1/s1. The topological polar surface area (TPSA) is 233 Å². The Morgan fingerprint density at radius 1 is 0.638 bits per heavy atom. The summed E-state index contributed by atoms with van der Waals surface area (Å²) in [7, 11) is 0. The van der Waals surface area contributed by atoms with Crippen molar-refractivity contribution in [3.8, 4) is 22.9 Å². The smallest absolute Gasteiger partial charge is 0.343 e. The minimum atomic E-state index is -1.95. The lowest BCUT2D eigenvalue weighted by Gasteiger charge is -2.31. The van der Waals surface area contributed by atoms with E-state index in [1.165, 1.54) is 6.07 Å². The normalized spacial score (nSPS) is 14.2. The third-order valence-electron chi connectivity index (χ3n) is 17.0. The van der Waals surface area contributed by atoms with Crippen LogP contribution in [0.25, 0.3) is 22.3 Å². The lowest BCUT2D eigenvalue weighted by molar-refractivity contribution is -0.172. The fraction of sp³-hybridized carbons (Fsp3) is 0.253. The lowest BCUT2D eigenvalue weighted by atomic mass is 9.86. The number of ether oxygens (including phenoxy) is 3. The van der Waals surface area contributed by atoms with Gasteiger partial charge in [0, 0.05) is 99.1 Å². The minimum absolute atomic E-state index is 0.0297. The zero-order valence-electron chi connectivity index (χ0n) is 52.5. The Kier molecular flexibility index (Phi) is 19.8. The van der Waals surface area contributed by atoms with Crippen LogP contribution in [0.3, 0.4) is 0 Å². The van der Waals surface area contributed by atoms with Crippen LogP contribution >= 0.6 is 0 Å². The van der Waals surface area contributed by atoms with E-state index in [9.17, 15) is 29.1 Å². The van der Waals surface area contributed by atoms with Crippen LogP contribution in [0.5, 0.6) is 11.5 Å². The van der Waals surface area contributed by atoms with Gasteiger partial charge in [-0.25, -0.2) is 14.6 Å². The van der Waals surface area contributed by atoms with E-state index in [2.05, 4.69) is 58.6 Å². The number of fused-ring (bicyclic) bond motifs is 5. The molecule has 0 saturated carbocycles. The zero-order valence-corrected chi connectivity index (χ0v) is 52.5. The van der Waals surface area contributed by atoms with Crippen molar-refractivity contribution in [3.63, 3.8) is 0 Å². The van der Waals surface area contributed by atoms with E-state index in [0.717, 1.165) is 61.7 Å². The highest BCUT2D eigenvalue weighted by Gasteiger charge is 2.45. The van der Waals surface area contributed by atoms with E-state index in [1.807, 2.05) is 135 Å². The van der Waals surface area contributed by atoms with Gasteiger partial charge in [0.25, 0.3) is 11.5 Å². The number of amides is 2. The van der Waals surface area contributed by atoms with Crippen LogP contribution in [-0.2, 0) is 85.2 Å². The Bertz CT molecular complexity index is 4220. The molecule has 2 aliphatic rings. The number of benzene rings is 4. The molecule has 8 heterocycles. The summed E-state index contributed by atoms with van der Waals surface area (Å²) in [6.07, 6.45) is 9.27. The van der Waals surface area contributed by atoms with Crippen LogP contribution in [0.4, 0.5) is 0 Å². The number of aromatic nitrogens is 6. The molecular formula is C75H72N10O9. The van der Waals surface area contributed by atoms with Gasteiger partial charge in [-0.2, -0.15) is 0 Å². The molecule has 0 saturated heterocycles. The molecule has 0 bridgehead atoms. The second-order valence-electron chi connectivity index (χ2n) is 23.6. The highest BCUT2D eigenvalue weighted by Crippen LogP contribution is 2.41. The van der Waals surface area contributed by atoms with Crippen LogP contribution < -0.4 is 25.7 Å². The molecule has 476 valence electrons. The Morgan fingerprint density at radius 3 is 1.83 bits per heavy atom. The number of carbonyl (C=O) groups is 4. The van der Waals surface area contributed by atoms with Crippen LogP contribution in [0.2, 0.25) is 0 Å². The summed E-state index contributed by atoms with van der Waals surface area (Å²) in [4.78, 5) is 97.1. The number of nitrogens with one attached hydrogen (secondary N) is 2. The molecule has 19 heteroatoms. The maximum atomic E-state index is 14.1. The van der Waals surface area contributed by atoms with Gasteiger partial charge in [0.1, 0.15) is 24.1 Å². The van der Waals surface area contributed by atoms with Crippen LogP contribution in [-0.4, -0.2) is 87.3 Å². The summed E-state index contributed by atoms with van der Waals surface area (Å²) < 4.78 is 19.4. The average Bonchev–Trinajstić information content (AvgIpc) is 1.51.